The number of hydrogen-bond donors (Lipinski definition) is 0. The van der Waals surface area contributed by atoms with Crippen LogP contribution < -0.4 is 0 Å². The van der Waals surface area contributed by atoms with Crippen LogP contribution in [0.25, 0.3) is 33.1 Å². The van der Waals surface area contributed by atoms with E-state index in [0.29, 0.717) is 34.1 Å². The zero-order valence-corrected chi connectivity index (χ0v) is 17.1. The molecule has 3 nitrogen and oxygen atoms in total. The minimum atomic E-state index is -0.370. The lowest BCUT2D eigenvalue weighted by molar-refractivity contribution is 0.590. The fraction of sp³-hybridized carbons (Fsp3) is 0.200. The van der Waals surface area contributed by atoms with E-state index in [2.05, 4.69) is 50.0 Å². The summed E-state index contributed by atoms with van der Waals surface area (Å²) in [6, 6.07) is 17.5. The molecule has 2 heterocycles. The molecule has 2 aromatic heterocycles. The van der Waals surface area contributed by atoms with Gasteiger partial charge in [0.2, 0.25) is 0 Å². The highest BCUT2D eigenvalue weighted by Gasteiger charge is 2.17. The van der Waals surface area contributed by atoms with Crippen molar-refractivity contribution in [3.05, 3.63) is 83.4 Å². The monoisotopic (exact) mass is 401 g/mol. The lowest BCUT2D eigenvalue weighted by atomic mass is 9.87. The smallest absolute Gasteiger partial charge is 0.160 e. The van der Waals surface area contributed by atoms with Gasteiger partial charge in [-0.15, -0.1) is 0 Å². The average molecular weight is 401 g/mol. The summed E-state index contributed by atoms with van der Waals surface area (Å²) in [5.74, 6) is -0.706. The number of rotatable bonds is 2. The Morgan fingerprint density at radius 1 is 0.800 bits per heavy atom. The lowest BCUT2D eigenvalue weighted by Crippen LogP contribution is -2.11. The molecule has 0 spiro atoms. The van der Waals surface area contributed by atoms with E-state index in [1.54, 1.807) is 12.1 Å². The van der Waals surface area contributed by atoms with Crippen molar-refractivity contribution in [2.24, 2.45) is 0 Å². The predicted octanol–water partition coefficient (Wildman–Crippen LogP) is 6.36. The maximum absolute atomic E-state index is 14.0. The van der Waals surface area contributed by atoms with Crippen LogP contribution in [0.5, 0.6) is 0 Å². The molecule has 0 atom stereocenters. The molecule has 0 bridgehead atoms. The molecule has 0 radical (unpaired) electrons. The normalized spacial score (nSPS) is 12.3. The molecular formula is C25H21F2N3. The van der Waals surface area contributed by atoms with E-state index < -0.39 is 0 Å². The SMILES string of the molecule is CC(C)(C)c1ccc(Cn2c3ccc(F)cc3c3nc4cc(F)ccc4nc32)cc1. The van der Waals surface area contributed by atoms with E-state index >= 15 is 0 Å². The van der Waals surface area contributed by atoms with Crippen LogP contribution in [0.3, 0.4) is 0 Å². The maximum atomic E-state index is 14.0. The van der Waals surface area contributed by atoms with Crippen molar-refractivity contribution in [1.29, 1.82) is 0 Å². The van der Waals surface area contributed by atoms with Crippen molar-refractivity contribution in [2.75, 3.05) is 0 Å². The first kappa shape index (κ1) is 18.7. The summed E-state index contributed by atoms with van der Waals surface area (Å²) < 4.78 is 29.8. The summed E-state index contributed by atoms with van der Waals surface area (Å²) in [5, 5.41) is 0.676. The van der Waals surface area contributed by atoms with Crippen molar-refractivity contribution < 1.29 is 8.78 Å². The first-order valence-corrected chi connectivity index (χ1v) is 9.94. The van der Waals surface area contributed by atoms with E-state index in [9.17, 15) is 8.78 Å². The van der Waals surface area contributed by atoms with Gasteiger partial charge in [0.05, 0.1) is 16.6 Å². The van der Waals surface area contributed by atoms with Gasteiger partial charge < -0.3 is 4.57 Å². The summed E-state index contributed by atoms with van der Waals surface area (Å²) in [6.07, 6.45) is 0. The Kier molecular flexibility index (Phi) is 4.10. The van der Waals surface area contributed by atoms with Gasteiger partial charge in [0.1, 0.15) is 17.2 Å². The van der Waals surface area contributed by atoms with Crippen LogP contribution in [0.1, 0.15) is 31.9 Å². The van der Waals surface area contributed by atoms with Crippen LogP contribution in [0.2, 0.25) is 0 Å². The second-order valence-corrected chi connectivity index (χ2v) is 8.72. The Morgan fingerprint density at radius 3 is 2.23 bits per heavy atom. The first-order valence-electron chi connectivity index (χ1n) is 9.94. The summed E-state index contributed by atoms with van der Waals surface area (Å²) >= 11 is 0. The second kappa shape index (κ2) is 6.59. The fourth-order valence-electron chi connectivity index (χ4n) is 3.89. The zero-order chi connectivity index (χ0) is 21.0. The molecule has 3 aromatic carbocycles. The molecule has 150 valence electrons. The predicted molar refractivity (Wildman–Crippen MR) is 117 cm³/mol. The number of nitrogens with zero attached hydrogens (tertiary/aromatic N) is 3. The Labute approximate surface area is 173 Å². The largest absolute Gasteiger partial charge is 0.319 e. The number of hydrogen-bond acceptors (Lipinski definition) is 2. The van der Waals surface area contributed by atoms with Gasteiger partial charge in [-0.1, -0.05) is 45.0 Å². The van der Waals surface area contributed by atoms with Gasteiger partial charge in [-0.3, -0.25) is 0 Å². The Bertz CT molecular complexity index is 1410. The van der Waals surface area contributed by atoms with Crippen molar-refractivity contribution in [2.45, 2.75) is 32.7 Å². The number of aromatic nitrogens is 3. The number of fused-ring (bicyclic) bond motifs is 4. The second-order valence-electron chi connectivity index (χ2n) is 8.72. The van der Waals surface area contributed by atoms with E-state index in [1.165, 1.54) is 29.8 Å². The third kappa shape index (κ3) is 3.11. The standard InChI is InChI=1S/C25H21F2N3/c1-25(2,3)16-6-4-15(5-7-16)14-30-22-11-9-17(26)12-19(22)23-24(30)29-20-10-8-18(27)13-21(20)28-23/h4-13H,14H2,1-3H3. The topological polar surface area (TPSA) is 30.7 Å². The fourth-order valence-corrected chi connectivity index (χ4v) is 3.89. The van der Waals surface area contributed by atoms with Crippen LogP contribution in [0.4, 0.5) is 8.78 Å². The highest BCUT2D eigenvalue weighted by molar-refractivity contribution is 6.06. The lowest BCUT2D eigenvalue weighted by Gasteiger charge is -2.19. The molecule has 0 aliphatic carbocycles. The van der Waals surface area contributed by atoms with Crippen molar-refractivity contribution in [1.82, 2.24) is 14.5 Å². The molecule has 0 aliphatic rings. The molecule has 0 fully saturated rings. The zero-order valence-electron chi connectivity index (χ0n) is 17.1. The first-order chi connectivity index (χ1) is 14.3. The molecule has 0 unspecified atom stereocenters. The molecule has 0 saturated carbocycles. The van der Waals surface area contributed by atoms with Crippen LogP contribution >= 0.6 is 0 Å². The van der Waals surface area contributed by atoms with Crippen LogP contribution in [-0.2, 0) is 12.0 Å². The average Bonchev–Trinajstić information content (AvgIpc) is 2.98. The minimum Gasteiger partial charge on any atom is -0.319 e. The summed E-state index contributed by atoms with van der Waals surface area (Å²) in [5.41, 5.74) is 5.63. The summed E-state index contributed by atoms with van der Waals surface area (Å²) in [4.78, 5) is 9.38. The highest BCUT2D eigenvalue weighted by Crippen LogP contribution is 2.30. The molecule has 0 amide bonds. The van der Waals surface area contributed by atoms with Crippen molar-refractivity contribution in [3.63, 3.8) is 0 Å². The van der Waals surface area contributed by atoms with Crippen molar-refractivity contribution >= 4 is 33.1 Å². The van der Waals surface area contributed by atoms with E-state index in [-0.39, 0.29) is 17.0 Å². The Hall–Kier alpha value is -3.34. The molecule has 5 aromatic rings. The molecule has 0 saturated heterocycles. The van der Waals surface area contributed by atoms with Gasteiger partial charge in [0, 0.05) is 18.0 Å². The van der Waals surface area contributed by atoms with Gasteiger partial charge in [0.25, 0.3) is 0 Å². The third-order valence-electron chi connectivity index (χ3n) is 5.53. The van der Waals surface area contributed by atoms with Gasteiger partial charge in [0.15, 0.2) is 5.65 Å². The summed E-state index contributed by atoms with van der Waals surface area (Å²) in [6.45, 7) is 7.14. The van der Waals surface area contributed by atoms with Gasteiger partial charge >= 0.3 is 0 Å². The van der Waals surface area contributed by atoms with Gasteiger partial charge in [-0.2, -0.15) is 0 Å². The van der Waals surface area contributed by atoms with E-state index in [1.807, 2.05) is 4.57 Å². The number of halogens is 2. The van der Waals surface area contributed by atoms with Gasteiger partial charge in [-0.25, -0.2) is 18.7 Å². The Balaban J connectivity index is 1.72. The van der Waals surface area contributed by atoms with Gasteiger partial charge in [-0.05, 0) is 46.9 Å². The molecular weight excluding hydrogens is 380 g/mol. The maximum Gasteiger partial charge on any atom is 0.160 e. The van der Waals surface area contributed by atoms with E-state index in [0.717, 1.165) is 11.1 Å². The molecule has 5 rings (SSSR count). The highest BCUT2D eigenvalue weighted by atomic mass is 19.1. The number of benzene rings is 3. The quantitative estimate of drug-likeness (QED) is 0.344. The van der Waals surface area contributed by atoms with Crippen LogP contribution in [0, 0.1) is 11.6 Å². The summed E-state index contributed by atoms with van der Waals surface area (Å²) in [7, 11) is 0. The Morgan fingerprint density at radius 2 is 1.50 bits per heavy atom. The van der Waals surface area contributed by atoms with Crippen LogP contribution in [0.15, 0.2) is 60.7 Å². The molecule has 30 heavy (non-hydrogen) atoms. The molecule has 0 aliphatic heterocycles. The van der Waals surface area contributed by atoms with Crippen LogP contribution in [-0.4, -0.2) is 14.5 Å². The van der Waals surface area contributed by atoms with Crippen molar-refractivity contribution in [3.8, 4) is 0 Å². The molecule has 5 heteroatoms. The minimum absolute atomic E-state index is 0.0859. The van der Waals surface area contributed by atoms with E-state index in [4.69, 9.17) is 4.98 Å². The molecule has 0 N–H and O–H groups in total. The third-order valence-corrected chi connectivity index (χ3v) is 5.53.